The fraction of sp³-hybridized carbons (Fsp3) is 1.00. The van der Waals surface area contributed by atoms with E-state index in [1.165, 1.54) is 0 Å². The van der Waals surface area contributed by atoms with Gasteiger partial charge in [0, 0.05) is 20.8 Å². The summed E-state index contributed by atoms with van der Waals surface area (Å²) in [6.07, 6.45) is 0. The topological polar surface area (TPSA) is 41.5 Å². The highest BCUT2D eigenvalue weighted by Crippen LogP contribution is 1.86. The Morgan fingerprint density at radius 2 is 1.91 bits per heavy atom. The van der Waals surface area contributed by atoms with E-state index in [0.717, 1.165) is 13.1 Å². The maximum absolute atomic E-state index is 8.52. The largest absolute Gasteiger partial charge is 0.396 e. The zero-order chi connectivity index (χ0) is 9.11. The highest BCUT2D eigenvalue weighted by Gasteiger charge is 1.94. The molecule has 0 rings (SSSR count). The van der Waals surface area contributed by atoms with Gasteiger partial charge in [0.1, 0.15) is 0 Å². The van der Waals surface area contributed by atoms with Crippen LogP contribution in [0.4, 0.5) is 0 Å². The lowest BCUT2D eigenvalue weighted by Crippen LogP contribution is -2.22. The van der Waals surface area contributed by atoms with E-state index in [2.05, 4.69) is 17.0 Å². The van der Waals surface area contributed by atoms with Gasteiger partial charge in [0.2, 0.25) is 0 Å². The minimum atomic E-state index is 0.285. The molecular formula is C8H21NO2. The van der Waals surface area contributed by atoms with Gasteiger partial charge in [0.25, 0.3) is 0 Å². The minimum absolute atomic E-state index is 0.285. The Morgan fingerprint density at radius 3 is 2.18 bits per heavy atom. The van der Waals surface area contributed by atoms with Gasteiger partial charge in [-0.05, 0) is 19.0 Å². The third-order valence-corrected chi connectivity index (χ3v) is 1.05. The third kappa shape index (κ3) is 17.7. The van der Waals surface area contributed by atoms with Gasteiger partial charge >= 0.3 is 0 Å². The lowest BCUT2D eigenvalue weighted by molar-refractivity contribution is 0.234. The van der Waals surface area contributed by atoms with Gasteiger partial charge in [0.05, 0.1) is 0 Å². The summed E-state index contributed by atoms with van der Waals surface area (Å²) in [4.78, 5) is 0. The van der Waals surface area contributed by atoms with Gasteiger partial charge < -0.3 is 15.2 Å². The first-order chi connectivity index (χ1) is 5.22. The average molecular weight is 163 g/mol. The van der Waals surface area contributed by atoms with Crippen LogP contribution in [0, 0.1) is 5.92 Å². The standard InChI is InChI=1S/C6H15NO.C2H6O/c1-3-7-4-6(2)5-8;1-3-2/h6-8H,3-5H2,1-2H3;1-2H3/t6-;/m1./s1. The van der Waals surface area contributed by atoms with E-state index in [4.69, 9.17) is 5.11 Å². The molecular weight excluding hydrogens is 142 g/mol. The van der Waals surface area contributed by atoms with E-state index in [0.29, 0.717) is 5.92 Å². The molecule has 70 valence electrons. The summed E-state index contributed by atoms with van der Waals surface area (Å²) in [5, 5.41) is 11.7. The predicted octanol–water partition coefficient (Wildman–Crippen LogP) is 0.487. The number of hydrogen-bond donors (Lipinski definition) is 2. The van der Waals surface area contributed by atoms with Crippen LogP contribution in [0.3, 0.4) is 0 Å². The molecule has 3 heteroatoms. The molecule has 0 radical (unpaired) electrons. The van der Waals surface area contributed by atoms with Gasteiger partial charge in [-0.2, -0.15) is 0 Å². The summed E-state index contributed by atoms with van der Waals surface area (Å²) in [6, 6.07) is 0. The molecule has 0 unspecified atom stereocenters. The van der Waals surface area contributed by atoms with Crippen LogP contribution in [0.25, 0.3) is 0 Å². The van der Waals surface area contributed by atoms with Crippen molar-refractivity contribution < 1.29 is 9.84 Å². The Bertz CT molecular complexity index is 60.1. The first-order valence-corrected chi connectivity index (χ1v) is 3.94. The van der Waals surface area contributed by atoms with Crippen molar-refractivity contribution in [2.24, 2.45) is 5.92 Å². The molecule has 0 fully saturated rings. The second-order valence-corrected chi connectivity index (χ2v) is 2.50. The van der Waals surface area contributed by atoms with E-state index in [1.807, 2.05) is 6.92 Å². The van der Waals surface area contributed by atoms with Gasteiger partial charge in [-0.1, -0.05) is 13.8 Å². The Morgan fingerprint density at radius 1 is 1.45 bits per heavy atom. The van der Waals surface area contributed by atoms with E-state index in [1.54, 1.807) is 14.2 Å². The lowest BCUT2D eigenvalue weighted by atomic mass is 10.2. The van der Waals surface area contributed by atoms with E-state index < -0.39 is 0 Å². The van der Waals surface area contributed by atoms with Crippen molar-refractivity contribution >= 4 is 0 Å². The fourth-order valence-electron chi connectivity index (χ4n) is 0.455. The molecule has 0 saturated heterocycles. The zero-order valence-electron chi connectivity index (χ0n) is 8.05. The molecule has 0 saturated carbocycles. The van der Waals surface area contributed by atoms with Crippen LogP contribution >= 0.6 is 0 Å². The first kappa shape index (κ1) is 13.5. The van der Waals surface area contributed by atoms with Crippen LogP contribution in [0.5, 0.6) is 0 Å². The molecule has 2 N–H and O–H groups in total. The maximum atomic E-state index is 8.52. The molecule has 0 aromatic rings. The Balaban J connectivity index is 0. The second kappa shape index (κ2) is 12.5. The smallest absolute Gasteiger partial charge is 0.0468 e. The second-order valence-electron chi connectivity index (χ2n) is 2.50. The van der Waals surface area contributed by atoms with Crippen LogP contribution in [0.1, 0.15) is 13.8 Å². The number of aliphatic hydroxyl groups is 1. The van der Waals surface area contributed by atoms with Crippen LogP contribution in [0.2, 0.25) is 0 Å². The Labute approximate surface area is 69.8 Å². The molecule has 0 bridgehead atoms. The molecule has 0 amide bonds. The summed E-state index contributed by atoms with van der Waals surface area (Å²) in [5.41, 5.74) is 0. The number of hydrogen-bond acceptors (Lipinski definition) is 3. The monoisotopic (exact) mass is 163 g/mol. The highest BCUT2D eigenvalue weighted by atomic mass is 16.4. The summed E-state index contributed by atoms with van der Waals surface area (Å²) in [6.45, 7) is 6.27. The van der Waals surface area contributed by atoms with Crippen molar-refractivity contribution in [2.75, 3.05) is 33.9 Å². The minimum Gasteiger partial charge on any atom is -0.396 e. The normalized spacial score (nSPS) is 11.7. The third-order valence-electron chi connectivity index (χ3n) is 1.05. The number of ether oxygens (including phenoxy) is 1. The van der Waals surface area contributed by atoms with E-state index in [9.17, 15) is 0 Å². The Kier molecular flexibility index (Phi) is 15.4. The van der Waals surface area contributed by atoms with Crippen LogP contribution < -0.4 is 5.32 Å². The molecule has 0 spiro atoms. The molecule has 0 aliphatic carbocycles. The summed E-state index contributed by atoms with van der Waals surface area (Å²) in [7, 11) is 3.25. The van der Waals surface area contributed by atoms with Crippen molar-refractivity contribution in [1.29, 1.82) is 0 Å². The zero-order valence-corrected chi connectivity index (χ0v) is 8.05. The van der Waals surface area contributed by atoms with Crippen molar-refractivity contribution in [3.63, 3.8) is 0 Å². The van der Waals surface area contributed by atoms with Crippen LogP contribution in [-0.4, -0.2) is 39.0 Å². The quantitative estimate of drug-likeness (QED) is 0.633. The van der Waals surface area contributed by atoms with Gasteiger partial charge in [-0.15, -0.1) is 0 Å². The summed E-state index contributed by atoms with van der Waals surface area (Å²) < 4.78 is 4.25. The molecule has 0 aromatic carbocycles. The van der Waals surface area contributed by atoms with E-state index in [-0.39, 0.29) is 6.61 Å². The van der Waals surface area contributed by atoms with Crippen LogP contribution in [0.15, 0.2) is 0 Å². The van der Waals surface area contributed by atoms with Gasteiger partial charge in [0.15, 0.2) is 0 Å². The molecule has 11 heavy (non-hydrogen) atoms. The number of aliphatic hydroxyl groups excluding tert-OH is 1. The first-order valence-electron chi connectivity index (χ1n) is 3.94. The van der Waals surface area contributed by atoms with Gasteiger partial charge in [-0.25, -0.2) is 0 Å². The molecule has 3 nitrogen and oxygen atoms in total. The fourth-order valence-corrected chi connectivity index (χ4v) is 0.455. The molecule has 0 aromatic heterocycles. The number of rotatable bonds is 4. The predicted molar refractivity (Wildman–Crippen MR) is 47.7 cm³/mol. The molecule has 0 aliphatic heterocycles. The number of methoxy groups -OCH3 is 1. The molecule has 1 atom stereocenters. The molecule has 0 heterocycles. The van der Waals surface area contributed by atoms with Crippen molar-refractivity contribution in [1.82, 2.24) is 5.32 Å². The SMILES string of the molecule is CCNC[C@@H](C)CO.COC. The summed E-state index contributed by atoms with van der Waals surface area (Å²) >= 11 is 0. The van der Waals surface area contributed by atoms with Gasteiger partial charge in [-0.3, -0.25) is 0 Å². The number of nitrogens with one attached hydrogen (secondary N) is 1. The summed E-state index contributed by atoms with van der Waals surface area (Å²) in [5.74, 6) is 0.398. The lowest BCUT2D eigenvalue weighted by Gasteiger charge is -2.05. The molecule has 0 aliphatic rings. The average Bonchev–Trinajstić information content (AvgIpc) is 2.02. The maximum Gasteiger partial charge on any atom is 0.0468 e. The highest BCUT2D eigenvalue weighted by molar-refractivity contribution is 4.51. The Hall–Kier alpha value is -0.120. The van der Waals surface area contributed by atoms with Crippen molar-refractivity contribution in [2.45, 2.75) is 13.8 Å². The van der Waals surface area contributed by atoms with Crippen LogP contribution in [-0.2, 0) is 4.74 Å². The van der Waals surface area contributed by atoms with E-state index >= 15 is 0 Å². The van der Waals surface area contributed by atoms with Crippen molar-refractivity contribution in [3.05, 3.63) is 0 Å². The van der Waals surface area contributed by atoms with Crippen molar-refractivity contribution in [3.8, 4) is 0 Å².